The van der Waals surface area contributed by atoms with E-state index < -0.39 is 0 Å². The first kappa shape index (κ1) is 30.6. The summed E-state index contributed by atoms with van der Waals surface area (Å²) in [6.07, 6.45) is 6.34. The van der Waals surface area contributed by atoms with Crippen LogP contribution in [0.2, 0.25) is 0 Å². The third kappa shape index (κ3) is 7.04. The quantitative estimate of drug-likeness (QED) is 0.196. The van der Waals surface area contributed by atoms with Crippen LogP contribution in [0.25, 0.3) is 0 Å². The molecule has 4 aromatic rings. The van der Waals surface area contributed by atoms with E-state index in [-0.39, 0.29) is 11.3 Å². The molecule has 2 heterocycles. The fourth-order valence-electron chi connectivity index (χ4n) is 5.91. The highest BCUT2D eigenvalue weighted by Gasteiger charge is 2.33. The molecule has 1 atom stereocenters. The molecule has 226 valence electrons. The molecule has 1 amide bonds. The van der Waals surface area contributed by atoms with Crippen molar-refractivity contribution in [2.75, 3.05) is 7.11 Å². The number of nitrogens with one attached hydrogen (secondary N) is 1. The van der Waals surface area contributed by atoms with E-state index in [0.29, 0.717) is 36.1 Å². The first-order valence-corrected chi connectivity index (χ1v) is 15.7. The molecule has 2 aromatic heterocycles. The van der Waals surface area contributed by atoms with Crippen LogP contribution in [0.4, 0.5) is 5.00 Å². The average molecular weight is 599 g/mol. The van der Waals surface area contributed by atoms with Crippen LogP contribution in [-0.2, 0) is 26.0 Å². The largest absolute Gasteiger partial charge is 0.493 e. The summed E-state index contributed by atoms with van der Waals surface area (Å²) in [6.45, 7) is 14.1. The van der Waals surface area contributed by atoms with E-state index >= 15 is 0 Å². The lowest BCUT2D eigenvalue weighted by molar-refractivity contribution is 0.0947. The maximum absolute atomic E-state index is 13.5. The number of hydrogen-bond donors (Lipinski definition) is 1. The zero-order valence-corrected chi connectivity index (χ0v) is 27.1. The van der Waals surface area contributed by atoms with Crippen molar-refractivity contribution in [2.45, 2.75) is 74.0 Å². The maximum Gasteiger partial charge on any atom is 0.255 e. The van der Waals surface area contributed by atoms with Crippen molar-refractivity contribution in [1.82, 2.24) is 5.32 Å². The van der Waals surface area contributed by atoms with Gasteiger partial charge in [0.1, 0.15) is 17.4 Å². The van der Waals surface area contributed by atoms with Gasteiger partial charge in [-0.1, -0.05) is 38.5 Å². The number of carbonyl (C=O) groups is 1. The highest BCUT2D eigenvalue weighted by atomic mass is 32.1. The van der Waals surface area contributed by atoms with Gasteiger partial charge in [0.05, 0.1) is 25.5 Å². The Balaban J connectivity index is 1.39. The number of amides is 1. The van der Waals surface area contributed by atoms with Crippen LogP contribution in [0.15, 0.2) is 58.1 Å². The fourth-order valence-corrected chi connectivity index (χ4v) is 7.18. The lowest BCUT2D eigenvalue weighted by Gasteiger charge is -2.33. The van der Waals surface area contributed by atoms with Crippen molar-refractivity contribution in [1.29, 1.82) is 0 Å². The molecular weight excluding hydrogens is 556 g/mol. The normalized spacial score (nSPS) is 15.0. The number of thiophene rings is 1. The second kappa shape index (κ2) is 12.8. The van der Waals surface area contributed by atoms with Crippen LogP contribution in [0, 0.1) is 32.1 Å². The molecule has 1 N–H and O–H groups in total. The zero-order valence-electron chi connectivity index (χ0n) is 26.3. The van der Waals surface area contributed by atoms with Crippen LogP contribution in [0.3, 0.4) is 0 Å². The number of fused-ring (bicyclic) bond motifs is 1. The summed E-state index contributed by atoms with van der Waals surface area (Å²) in [6, 6.07) is 13.9. The van der Waals surface area contributed by atoms with E-state index in [0.717, 1.165) is 41.2 Å². The van der Waals surface area contributed by atoms with Crippen LogP contribution in [0.1, 0.15) is 81.6 Å². The molecule has 0 aliphatic heterocycles. The molecular formula is C36H42N2O4S. The summed E-state index contributed by atoms with van der Waals surface area (Å²) in [5, 5.41) is 3.78. The predicted molar refractivity (Wildman–Crippen MR) is 174 cm³/mol. The molecule has 0 spiro atoms. The fraction of sp³-hybridized carbons (Fsp3) is 0.389. The Hall–Kier alpha value is -3.84. The molecule has 5 rings (SSSR count). The van der Waals surface area contributed by atoms with Crippen molar-refractivity contribution in [3.8, 4) is 11.5 Å². The Labute approximate surface area is 259 Å². The van der Waals surface area contributed by atoms with E-state index in [1.165, 1.54) is 27.1 Å². The average Bonchev–Trinajstić information content (AvgIpc) is 3.61. The Bertz CT molecular complexity index is 1600. The van der Waals surface area contributed by atoms with Gasteiger partial charge in [-0.3, -0.25) is 4.79 Å². The lowest BCUT2D eigenvalue weighted by Crippen LogP contribution is -2.28. The Kier molecular flexibility index (Phi) is 9.11. The van der Waals surface area contributed by atoms with Crippen molar-refractivity contribution in [3.63, 3.8) is 0 Å². The zero-order chi connectivity index (χ0) is 30.7. The summed E-state index contributed by atoms with van der Waals surface area (Å²) >= 11 is 1.64. The molecule has 0 unspecified atom stereocenters. The van der Waals surface area contributed by atoms with Crippen LogP contribution >= 0.6 is 11.3 Å². The summed E-state index contributed by atoms with van der Waals surface area (Å²) in [5.74, 6) is 2.49. The number of carbonyl (C=O) groups excluding carboxylic acids is 1. The summed E-state index contributed by atoms with van der Waals surface area (Å²) in [7, 11) is 1.64. The van der Waals surface area contributed by atoms with E-state index in [2.05, 4.69) is 59.0 Å². The van der Waals surface area contributed by atoms with Gasteiger partial charge in [-0.15, -0.1) is 11.3 Å². The Morgan fingerprint density at radius 3 is 2.56 bits per heavy atom. The third-order valence-corrected chi connectivity index (χ3v) is 9.60. The molecule has 43 heavy (non-hydrogen) atoms. The van der Waals surface area contributed by atoms with Gasteiger partial charge in [-0.2, -0.15) is 0 Å². The number of ether oxygens (including phenoxy) is 2. The van der Waals surface area contributed by atoms with Gasteiger partial charge in [0, 0.05) is 11.1 Å². The number of methoxy groups -OCH3 is 1. The topological polar surface area (TPSA) is 73.1 Å². The summed E-state index contributed by atoms with van der Waals surface area (Å²) in [4.78, 5) is 19.7. The molecule has 0 saturated heterocycles. The maximum atomic E-state index is 13.5. The number of nitrogens with zero attached hydrogens (tertiary/aromatic N) is 1. The highest BCUT2D eigenvalue weighted by Crippen LogP contribution is 2.45. The number of hydrogen-bond acceptors (Lipinski definition) is 6. The number of furan rings is 1. The SMILES string of the molecule is COc1cc(C=Nc2sc3c(c2C(=O)NCc2ccco2)CC[C@H](C(C)(C)C)C3)ccc1OCc1c(C)cc(C)cc1C. The Morgan fingerprint density at radius 2 is 1.88 bits per heavy atom. The standard InChI is InChI=1S/C36H42N2O4S/c1-22-15-23(2)29(24(3)16-22)21-42-30-13-10-25(17-31(30)40-7)19-38-35-33(34(39)37-20-27-9-8-14-41-27)28-12-11-26(36(4,5)6)18-32(28)43-35/h8-10,13-17,19,26H,11-12,18,20-21H2,1-7H3,(H,37,39)/t26-/m0/s1. The molecule has 1 aliphatic carbocycles. The van der Waals surface area contributed by atoms with Gasteiger partial charge in [0.15, 0.2) is 11.5 Å². The van der Waals surface area contributed by atoms with Crippen molar-refractivity contribution < 1.29 is 18.7 Å². The molecule has 7 heteroatoms. The van der Waals surface area contributed by atoms with Gasteiger partial charge >= 0.3 is 0 Å². The molecule has 2 aromatic carbocycles. The monoisotopic (exact) mass is 598 g/mol. The van der Waals surface area contributed by atoms with Crippen LogP contribution in [0.5, 0.6) is 11.5 Å². The third-order valence-electron chi connectivity index (χ3n) is 8.43. The molecule has 1 aliphatic rings. The van der Waals surface area contributed by atoms with E-state index in [9.17, 15) is 4.79 Å². The van der Waals surface area contributed by atoms with Gasteiger partial charge in [-0.25, -0.2) is 4.99 Å². The van der Waals surface area contributed by atoms with E-state index in [4.69, 9.17) is 18.9 Å². The second-order valence-electron chi connectivity index (χ2n) is 12.6. The van der Waals surface area contributed by atoms with Crippen molar-refractivity contribution >= 4 is 28.5 Å². The molecule has 0 bridgehead atoms. The molecule has 0 saturated carbocycles. The van der Waals surface area contributed by atoms with E-state index in [1.807, 2.05) is 36.5 Å². The number of aliphatic imine (C=N–C) groups is 1. The van der Waals surface area contributed by atoms with Crippen molar-refractivity contribution in [2.24, 2.45) is 16.3 Å². The van der Waals surface area contributed by atoms with Gasteiger partial charge in [-0.05, 0) is 110 Å². The first-order chi connectivity index (χ1) is 20.5. The molecule has 0 fully saturated rings. The van der Waals surface area contributed by atoms with Crippen LogP contribution in [-0.4, -0.2) is 19.2 Å². The number of rotatable bonds is 9. The summed E-state index contributed by atoms with van der Waals surface area (Å²) in [5.41, 5.74) is 7.78. The van der Waals surface area contributed by atoms with Crippen LogP contribution < -0.4 is 14.8 Å². The molecule has 0 radical (unpaired) electrons. The van der Waals surface area contributed by atoms with Crippen molar-refractivity contribution in [3.05, 3.63) is 98.3 Å². The Morgan fingerprint density at radius 1 is 1.12 bits per heavy atom. The first-order valence-electron chi connectivity index (χ1n) is 14.9. The smallest absolute Gasteiger partial charge is 0.255 e. The minimum atomic E-state index is -0.113. The van der Waals surface area contributed by atoms with Gasteiger partial charge in [0.25, 0.3) is 5.91 Å². The van der Waals surface area contributed by atoms with Gasteiger partial charge in [0.2, 0.25) is 0 Å². The minimum Gasteiger partial charge on any atom is -0.493 e. The highest BCUT2D eigenvalue weighted by molar-refractivity contribution is 7.16. The number of aryl methyl sites for hydroxylation is 3. The minimum absolute atomic E-state index is 0.113. The second-order valence-corrected chi connectivity index (χ2v) is 13.7. The van der Waals surface area contributed by atoms with E-state index in [1.54, 1.807) is 24.7 Å². The molecule has 6 nitrogen and oxygen atoms in total. The number of benzene rings is 2. The lowest BCUT2D eigenvalue weighted by atomic mass is 9.72. The predicted octanol–water partition coefficient (Wildman–Crippen LogP) is 8.69. The van der Waals surface area contributed by atoms with Gasteiger partial charge < -0.3 is 19.2 Å². The summed E-state index contributed by atoms with van der Waals surface area (Å²) < 4.78 is 17.3.